The molecule has 3 aliphatic rings. The maximum absolute atomic E-state index is 12.0. The zero-order valence-corrected chi connectivity index (χ0v) is 11.0. The van der Waals surface area contributed by atoms with Gasteiger partial charge in [-0.2, -0.15) is 5.10 Å². The van der Waals surface area contributed by atoms with Gasteiger partial charge in [0.15, 0.2) is 0 Å². The van der Waals surface area contributed by atoms with Gasteiger partial charge in [0.25, 0.3) is 5.91 Å². The minimum atomic E-state index is -0.120. The number of carbonyl (C=O) groups excluding carboxylic acids is 2. The van der Waals surface area contributed by atoms with Crippen molar-refractivity contribution >= 4 is 17.5 Å². The number of likely N-dealkylation sites (tertiary alicyclic amines) is 1. The molecule has 2 aliphatic heterocycles. The summed E-state index contributed by atoms with van der Waals surface area (Å²) >= 11 is 0. The highest BCUT2D eigenvalue weighted by Gasteiger charge is 2.32. The Bertz CT molecular complexity index is 409. The second-order valence-corrected chi connectivity index (χ2v) is 5.61. The zero-order chi connectivity index (χ0) is 13.2. The molecule has 0 aromatic carbocycles. The lowest BCUT2D eigenvalue weighted by Gasteiger charge is -2.32. The highest BCUT2D eigenvalue weighted by atomic mass is 16.2. The fourth-order valence-corrected chi connectivity index (χ4v) is 2.76. The van der Waals surface area contributed by atoms with E-state index in [1.807, 2.05) is 0 Å². The van der Waals surface area contributed by atoms with Gasteiger partial charge in [-0.05, 0) is 25.7 Å². The van der Waals surface area contributed by atoms with Crippen molar-refractivity contribution in [3.8, 4) is 0 Å². The van der Waals surface area contributed by atoms with Crippen LogP contribution in [0.2, 0.25) is 0 Å². The fourth-order valence-electron chi connectivity index (χ4n) is 2.76. The second kappa shape index (κ2) is 5.28. The van der Waals surface area contributed by atoms with Gasteiger partial charge in [0.2, 0.25) is 5.91 Å². The molecule has 2 amide bonds. The lowest BCUT2D eigenvalue weighted by Crippen LogP contribution is -2.47. The quantitative estimate of drug-likeness (QED) is 0.753. The van der Waals surface area contributed by atoms with Gasteiger partial charge in [-0.3, -0.25) is 9.59 Å². The molecule has 104 valence electrons. The van der Waals surface area contributed by atoms with Crippen molar-refractivity contribution < 1.29 is 9.59 Å². The molecule has 2 N–H and O–H groups in total. The molecule has 0 spiro atoms. The first-order chi connectivity index (χ1) is 9.22. The summed E-state index contributed by atoms with van der Waals surface area (Å²) in [5.41, 5.74) is 2.81. The van der Waals surface area contributed by atoms with Crippen LogP contribution in [0.4, 0.5) is 0 Å². The second-order valence-electron chi connectivity index (χ2n) is 5.61. The van der Waals surface area contributed by atoms with E-state index in [1.54, 1.807) is 0 Å². The summed E-state index contributed by atoms with van der Waals surface area (Å²) in [6.45, 7) is 2.16. The number of carbonyl (C=O) groups is 2. The Kier molecular flexibility index (Phi) is 3.50. The van der Waals surface area contributed by atoms with Crippen molar-refractivity contribution in [1.82, 2.24) is 15.6 Å². The molecule has 2 heterocycles. The molecule has 0 atom stereocenters. The molecule has 6 nitrogen and oxygen atoms in total. The van der Waals surface area contributed by atoms with E-state index < -0.39 is 0 Å². The van der Waals surface area contributed by atoms with Crippen molar-refractivity contribution in [3.05, 3.63) is 0 Å². The van der Waals surface area contributed by atoms with Crippen LogP contribution in [-0.4, -0.2) is 47.6 Å². The highest BCUT2D eigenvalue weighted by Crippen LogP contribution is 2.29. The highest BCUT2D eigenvalue weighted by molar-refractivity contribution is 6.39. The third-order valence-corrected chi connectivity index (χ3v) is 4.09. The summed E-state index contributed by atoms with van der Waals surface area (Å²) in [7, 11) is 0. The minimum Gasteiger partial charge on any atom is -0.348 e. The van der Waals surface area contributed by atoms with Crippen molar-refractivity contribution in [2.75, 3.05) is 13.1 Å². The number of rotatable bonds is 3. The van der Waals surface area contributed by atoms with E-state index in [4.69, 9.17) is 0 Å². The Morgan fingerprint density at radius 2 is 1.95 bits per heavy atom. The average molecular weight is 264 g/mol. The Labute approximate surface area is 112 Å². The molecule has 0 radical (unpaired) electrons. The predicted molar refractivity (Wildman–Crippen MR) is 70.6 cm³/mol. The minimum absolute atomic E-state index is 0.116. The van der Waals surface area contributed by atoms with Gasteiger partial charge in [-0.25, -0.2) is 5.43 Å². The van der Waals surface area contributed by atoms with E-state index in [9.17, 15) is 9.59 Å². The summed E-state index contributed by atoms with van der Waals surface area (Å²) < 4.78 is 0. The van der Waals surface area contributed by atoms with Gasteiger partial charge < -0.3 is 10.2 Å². The molecule has 3 rings (SSSR count). The maximum atomic E-state index is 12.0. The lowest BCUT2D eigenvalue weighted by atomic mass is 10.0. The van der Waals surface area contributed by atoms with Gasteiger partial charge in [-0.15, -0.1) is 0 Å². The Hall–Kier alpha value is -1.43. The van der Waals surface area contributed by atoms with E-state index in [-0.39, 0.29) is 17.9 Å². The van der Waals surface area contributed by atoms with Crippen LogP contribution in [0.3, 0.4) is 0 Å². The van der Waals surface area contributed by atoms with Crippen LogP contribution < -0.4 is 10.7 Å². The number of nitrogens with one attached hydrogen (secondary N) is 2. The summed E-state index contributed by atoms with van der Waals surface area (Å²) in [5, 5.41) is 6.86. The molecule has 0 unspecified atom stereocenters. The fraction of sp³-hybridized carbons (Fsp3) is 0.769. The van der Waals surface area contributed by atoms with Crippen molar-refractivity contribution in [2.45, 2.75) is 50.6 Å². The first kappa shape index (κ1) is 12.6. The summed E-state index contributed by atoms with van der Waals surface area (Å²) in [6.07, 6.45) is 5.51. The molecule has 1 saturated heterocycles. The van der Waals surface area contributed by atoms with Crippen LogP contribution >= 0.6 is 0 Å². The van der Waals surface area contributed by atoms with Crippen LogP contribution in [0.5, 0.6) is 0 Å². The smallest absolute Gasteiger partial charge is 0.267 e. The Morgan fingerprint density at radius 3 is 2.53 bits per heavy atom. The van der Waals surface area contributed by atoms with Gasteiger partial charge >= 0.3 is 0 Å². The average Bonchev–Trinajstić information content (AvgIpc) is 3.25. The van der Waals surface area contributed by atoms with Gasteiger partial charge in [-0.1, -0.05) is 0 Å². The molecule has 1 aliphatic carbocycles. The number of amides is 2. The topological polar surface area (TPSA) is 73.8 Å². The molecular weight excluding hydrogens is 244 g/mol. The molecule has 0 aromatic rings. The monoisotopic (exact) mass is 264 g/mol. The van der Waals surface area contributed by atoms with E-state index in [0.717, 1.165) is 32.0 Å². The van der Waals surface area contributed by atoms with Crippen LogP contribution in [0.25, 0.3) is 0 Å². The Balaban J connectivity index is 1.46. The molecular formula is C13H20N4O2. The number of piperidine rings is 1. The largest absolute Gasteiger partial charge is 0.348 e. The van der Waals surface area contributed by atoms with Crippen molar-refractivity contribution in [1.29, 1.82) is 0 Å². The van der Waals surface area contributed by atoms with Crippen molar-refractivity contribution in [3.63, 3.8) is 0 Å². The number of nitrogens with zero attached hydrogens (tertiary/aromatic N) is 2. The molecule has 2 fully saturated rings. The first-order valence-corrected chi connectivity index (χ1v) is 7.12. The van der Waals surface area contributed by atoms with Crippen LogP contribution in [0.15, 0.2) is 5.10 Å². The van der Waals surface area contributed by atoms with Gasteiger partial charge in [0.05, 0.1) is 0 Å². The van der Waals surface area contributed by atoms with Gasteiger partial charge in [0.1, 0.15) is 5.71 Å². The number of hydrazone groups is 1. The molecule has 19 heavy (non-hydrogen) atoms. The van der Waals surface area contributed by atoms with Crippen LogP contribution in [0, 0.1) is 0 Å². The van der Waals surface area contributed by atoms with E-state index in [2.05, 4.69) is 20.7 Å². The number of hydrogen-bond donors (Lipinski definition) is 2. The van der Waals surface area contributed by atoms with Crippen molar-refractivity contribution in [2.24, 2.45) is 5.10 Å². The normalized spacial score (nSPS) is 25.7. The SMILES string of the molecule is O=C1CCC(C(=O)NC2CCN(C3CC3)CC2)=NN1. The maximum Gasteiger partial charge on any atom is 0.267 e. The van der Waals surface area contributed by atoms with E-state index in [0.29, 0.717) is 18.6 Å². The first-order valence-electron chi connectivity index (χ1n) is 7.12. The Morgan fingerprint density at radius 1 is 1.21 bits per heavy atom. The van der Waals surface area contributed by atoms with Gasteiger partial charge in [0, 0.05) is 38.0 Å². The predicted octanol–water partition coefficient (Wildman–Crippen LogP) is -0.00460. The van der Waals surface area contributed by atoms with Crippen LogP contribution in [0.1, 0.15) is 38.5 Å². The summed E-state index contributed by atoms with van der Waals surface area (Å²) in [4.78, 5) is 25.5. The number of hydrogen-bond acceptors (Lipinski definition) is 4. The molecule has 1 saturated carbocycles. The van der Waals surface area contributed by atoms with E-state index in [1.165, 1.54) is 12.8 Å². The third kappa shape index (κ3) is 3.12. The summed E-state index contributed by atoms with van der Waals surface area (Å²) in [6, 6.07) is 1.07. The van der Waals surface area contributed by atoms with E-state index >= 15 is 0 Å². The zero-order valence-electron chi connectivity index (χ0n) is 11.0. The molecule has 6 heteroatoms. The standard InChI is InChI=1S/C13H20N4O2/c18-12-4-3-11(15-16-12)13(19)14-9-5-7-17(8-6-9)10-1-2-10/h9-10H,1-8H2,(H,14,19)(H,16,18). The lowest BCUT2D eigenvalue weighted by molar-refractivity contribution is -0.121. The third-order valence-electron chi connectivity index (χ3n) is 4.09. The molecule has 0 aromatic heterocycles. The summed E-state index contributed by atoms with van der Waals surface area (Å²) in [5.74, 6) is -0.237. The van der Waals surface area contributed by atoms with Crippen LogP contribution in [-0.2, 0) is 9.59 Å². The molecule has 0 bridgehead atoms.